The summed E-state index contributed by atoms with van der Waals surface area (Å²) in [5.41, 5.74) is 5.34. The van der Waals surface area contributed by atoms with Crippen LogP contribution in [0, 0.1) is 0 Å². The first-order valence-electron chi connectivity index (χ1n) is 5.40. The zero-order valence-electron chi connectivity index (χ0n) is 9.31. The van der Waals surface area contributed by atoms with E-state index in [9.17, 15) is 4.79 Å². The fraction of sp³-hybridized carbons (Fsp3) is 0.900. The van der Waals surface area contributed by atoms with Gasteiger partial charge in [0.15, 0.2) is 0 Å². The quantitative estimate of drug-likeness (QED) is 0.492. The summed E-state index contributed by atoms with van der Waals surface area (Å²) < 4.78 is 0. The second kappa shape index (κ2) is 8.97. The first-order valence-corrected chi connectivity index (χ1v) is 5.40. The molecule has 1 unspecified atom stereocenters. The first-order chi connectivity index (χ1) is 6.70. The van der Waals surface area contributed by atoms with E-state index in [1.807, 2.05) is 6.92 Å². The molecule has 1 amide bonds. The molecule has 0 bridgehead atoms. The predicted octanol–water partition coefficient (Wildman–Crippen LogP) is 0.230. The maximum atomic E-state index is 11.3. The van der Waals surface area contributed by atoms with Crippen molar-refractivity contribution in [3.8, 4) is 0 Å². The zero-order chi connectivity index (χ0) is 10.8. The van der Waals surface area contributed by atoms with Crippen LogP contribution in [0.15, 0.2) is 0 Å². The summed E-state index contributed by atoms with van der Waals surface area (Å²) in [6.07, 6.45) is 2.49. The van der Waals surface area contributed by atoms with E-state index in [1.165, 1.54) is 0 Å². The molecule has 0 aromatic carbocycles. The minimum Gasteiger partial charge on any atom is -0.354 e. The SMILES string of the molecule is CCC(C)NC(=O)CCNCCCN. The third kappa shape index (κ3) is 8.01. The molecule has 0 rings (SSSR count). The maximum absolute atomic E-state index is 11.3. The number of carbonyl (C=O) groups is 1. The molecule has 0 aromatic rings. The number of amides is 1. The first kappa shape index (κ1) is 13.4. The third-order valence-corrected chi connectivity index (χ3v) is 2.11. The molecule has 0 fully saturated rings. The fourth-order valence-electron chi connectivity index (χ4n) is 1.00. The van der Waals surface area contributed by atoms with Crippen molar-refractivity contribution in [2.24, 2.45) is 5.73 Å². The van der Waals surface area contributed by atoms with Crippen LogP contribution in [0.25, 0.3) is 0 Å². The van der Waals surface area contributed by atoms with Crippen LogP contribution in [0.2, 0.25) is 0 Å². The van der Waals surface area contributed by atoms with Gasteiger partial charge in [-0.2, -0.15) is 0 Å². The average molecular weight is 201 g/mol. The molecule has 84 valence electrons. The molecule has 1 atom stereocenters. The van der Waals surface area contributed by atoms with Gasteiger partial charge < -0.3 is 16.4 Å². The van der Waals surface area contributed by atoms with Crippen LogP contribution in [-0.2, 0) is 4.79 Å². The van der Waals surface area contributed by atoms with Gasteiger partial charge in [-0.1, -0.05) is 6.92 Å². The van der Waals surface area contributed by atoms with E-state index < -0.39 is 0 Å². The summed E-state index contributed by atoms with van der Waals surface area (Å²) in [7, 11) is 0. The summed E-state index contributed by atoms with van der Waals surface area (Å²) in [5, 5.41) is 6.08. The molecule has 0 saturated carbocycles. The van der Waals surface area contributed by atoms with Crippen molar-refractivity contribution in [3.05, 3.63) is 0 Å². The van der Waals surface area contributed by atoms with Crippen molar-refractivity contribution in [3.63, 3.8) is 0 Å². The number of nitrogens with two attached hydrogens (primary N) is 1. The predicted molar refractivity (Wildman–Crippen MR) is 59.1 cm³/mol. The Kier molecular flexibility index (Phi) is 8.57. The lowest BCUT2D eigenvalue weighted by atomic mass is 10.2. The molecule has 0 spiro atoms. The highest BCUT2D eigenvalue weighted by molar-refractivity contribution is 5.76. The van der Waals surface area contributed by atoms with Gasteiger partial charge in [0.1, 0.15) is 0 Å². The van der Waals surface area contributed by atoms with Crippen molar-refractivity contribution in [1.29, 1.82) is 0 Å². The number of rotatable bonds is 8. The molecule has 0 saturated heterocycles. The largest absolute Gasteiger partial charge is 0.354 e. The van der Waals surface area contributed by atoms with Crippen molar-refractivity contribution in [2.75, 3.05) is 19.6 Å². The summed E-state index contributed by atoms with van der Waals surface area (Å²) >= 11 is 0. The fourth-order valence-corrected chi connectivity index (χ4v) is 1.00. The normalized spacial score (nSPS) is 12.5. The van der Waals surface area contributed by atoms with Crippen LogP contribution >= 0.6 is 0 Å². The van der Waals surface area contributed by atoms with Gasteiger partial charge in [-0.3, -0.25) is 4.79 Å². The molecular formula is C10H23N3O. The van der Waals surface area contributed by atoms with Gasteiger partial charge in [-0.05, 0) is 32.9 Å². The van der Waals surface area contributed by atoms with Crippen molar-refractivity contribution >= 4 is 5.91 Å². The minimum atomic E-state index is 0.125. The van der Waals surface area contributed by atoms with Gasteiger partial charge in [0, 0.05) is 19.0 Å². The van der Waals surface area contributed by atoms with Crippen LogP contribution < -0.4 is 16.4 Å². The number of hydrogen-bond donors (Lipinski definition) is 3. The van der Waals surface area contributed by atoms with Crippen LogP contribution in [0.1, 0.15) is 33.1 Å². The second-order valence-electron chi connectivity index (χ2n) is 3.52. The Balaban J connectivity index is 3.27. The number of hydrogen-bond acceptors (Lipinski definition) is 3. The molecular weight excluding hydrogens is 178 g/mol. The summed E-state index contributed by atoms with van der Waals surface area (Å²) in [6.45, 7) is 6.41. The topological polar surface area (TPSA) is 67.2 Å². The Morgan fingerprint density at radius 2 is 2.14 bits per heavy atom. The number of carbonyl (C=O) groups excluding carboxylic acids is 1. The Bertz CT molecular complexity index is 150. The van der Waals surface area contributed by atoms with Gasteiger partial charge in [-0.15, -0.1) is 0 Å². The van der Waals surface area contributed by atoms with Crippen LogP contribution in [0.3, 0.4) is 0 Å². The molecule has 0 radical (unpaired) electrons. The van der Waals surface area contributed by atoms with E-state index in [1.54, 1.807) is 0 Å². The van der Waals surface area contributed by atoms with Gasteiger partial charge in [0.2, 0.25) is 5.91 Å². The van der Waals surface area contributed by atoms with Gasteiger partial charge in [-0.25, -0.2) is 0 Å². The van der Waals surface area contributed by atoms with Crippen molar-refractivity contribution in [1.82, 2.24) is 10.6 Å². The molecule has 0 aromatic heterocycles. The summed E-state index contributed by atoms with van der Waals surface area (Å²) in [6, 6.07) is 0.284. The minimum absolute atomic E-state index is 0.125. The van der Waals surface area contributed by atoms with E-state index in [0.717, 1.165) is 25.9 Å². The Labute approximate surface area is 86.6 Å². The van der Waals surface area contributed by atoms with E-state index in [-0.39, 0.29) is 11.9 Å². The third-order valence-electron chi connectivity index (χ3n) is 2.11. The Hall–Kier alpha value is -0.610. The highest BCUT2D eigenvalue weighted by atomic mass is 16.1. The van der Waals surface area contributed by atoms with Crippen LogP contribution in [0.5, 0.6) is 0 Å². The van der Waals surface area contributed by atoms with E-state index in [2.05, 4.69) is 17.6 Å². The lowest BCUT2D eigenvalue weighted by Crippen LogP contribution is -2.34. The zero-order valence-corrected chi connectivity index (χ0v) is 9.31. The standard InChI is InChI=1S/C10H23N3O/c1-3-9(2)13-10(14)5-8-12-7-4-6-11/h9,12H,3-8,11H2,1-2H3,(H,13,14). The lowest BCUT2D eigenvalue weighted by molar-refractivity contribution is -0.121. The summed E-state index contributed by atoms with van der Waals surface area (Å²) in [4.78, 5) is 11.3. The van der Waals surface area contributed by atoms with Gasteiger partial charge in [0.05, 0.1) is 0 Å². The second-order valence-corrected chi connectivity index (χ2v) is 3.52. The molecule has 0 aliphatic heterocycles. The maximum Gasteiger partial charge on any atom is 0.221 e. The van der Waals surface area contributed by atoms with Crippen LogP contribution in [-0.4, -0.2) is 31.6 Å². The molecule has 0 aliphatic carbocycles. The molecule has 0 aliphatic rings. The highest BCUT2D eigenvalue weighted by Crippen LogP contribution is 1.88. The number of nitrogens with one attached hydrogen (secondary N) is 2. The molecule has 4 nitrogen and oxygen atoms in total. The Morgan fingerprint density at radius 3 is 2.71 bits per heavy atom. The van der Waals surface area contributed by atoms with Gasteiger partial charge in [0.25, 0.3) is 0 Å². The molecule has 4 N–H and O–H groups in total. The molecule has 0 heterocycles. The van der Waals surface area contributed by atoms with Crippen LogP contribution in [0.4, 0.5) is 0 Å². The lowest BCUT2D eigenvalue weighted by Gasteiger charge is -2.11. The average Bonchev–Trinajstić information content (AvgIpc) is 2.17. The molecule has 4 heteroatoms. The van der Waals surface area contributed by atoms with E-state index in [0.29, 0.717) is 13.0 Å². The highest BCUT2D eigenvalue weighted by Gasteiger charge is 2.03. The van der Waals surface area contributed by atoms with Crippen molar-refractivity contribution < 1.29 is 4.79 Å². The van der Waals surface area contributed by atoms with Gasteiger partial charge >= 0.3 is 0 Å². The Morgan fingerprint density at radius 1 is 1.43 bits per heavy atom. The molecule has 14 heavy (non-hydrogen) atoms. The smallest absolute Gasteiger partial charge is 0.221 e. The summed E-state index contributed by atoms with van der Waals surface area (Å²) in [5.74, 6) is 0.125. The van der Waals surface area contributed by atoms with Crippen molar-refractivity contribution in [2.45, 2.75) is 39.2 Å². The van der Waals surface area contributed by atoms with E-state index in [4.69, 9.17) is 5.73 Å². The van der Waals surface area contributed by atoms with E-state index >= 15 is 0 Å². The monoisotopic (exact) mass is 201 g/mol.